The van der Waals surface area contributed by atoms with E-state index >= 15 is 0 Å². The van der Waals surface area contributed by atoms with E-state index in [0.29, 0.717) is 17.7 Å². The minimum absolute atomic E-state index is 0.0374. The summed E-state index contributed by atoms with van der Waals surface area (Å²) in [5.74, 6) is 1.59. The zero-order valence-electron chi connectivity index (χ0n) is 20.0. The molecule has 174 valence electrons. The van der Waals surface area contributed by atoms with Crippen molar-refractivity contribution in [3.05, 3.63) is 76.6 Å². The highest BCUT2D eigenvalue weighted by Crippen LogP contribution is 2.51. The first kappa shape index (κ1) is 22.1. The van der Waals surface area contributed by atoms with E-state index in [2.05, 4.69) is 0 Å². The minimum Gasteiger partial charge on any atom is -0.454 e. The predicted octanol–water partition coefficient (Wildman–Crippen LogP) is 4.64. The molecule has 1 aliphatic carbocycles. The molecule has 1 amide bonds. The van der Waals surface area contributed by atoms with Crippen LogP contribution < -0.4 is 9.47 Å². The number of fused-ring (bicyclic) bond motifs is 1. The molecule has 0 saturated heterocycles. The zero-order valence-corrected chi connectivity index (χ0v) is 20.0. The van der Waals surface area contributed by atoms with Crippen LogP contribution in [0.15, 0.2) is 48.7 Å². The summed E-state index contributed by atoms with van der Waals surface area (Å²) in [5.41, 5.74) is 5.98. The lowest BCUT2D eigenvalue weighted by Crippen LogP contribution is -2.23. The van der Waals surface area contributed by atoms with Crippen LogP contribution in [0.25, 0.3) is 11.1 Å². The van der Waals surface area contributed by atoms with E-state index < -0.39 is 5.41 Å². The Morgan fingerprint density at radius 3 is 2.50 bits per heavy atom. The summed E-state index contributed by atoms with van der Waals surface area (Å²) >= 11 is 0. The van der Waals surface area contributed by atoms with Gasteiger partial charge >= 0.3 is 0 Å². The number of rotatable bonds is 6. The standard InChI is InChI=1S/C28H28N2O4/c1-17-18(2)23(29-15-22(17)19-6-5-7-20(12-19)27(32)30(3)4)14-26(31)28(10-11-28)21-8-9-24-25(13-21)34-16-33-24/h5-9,12-13,15H,10-11,14,16H2,1-4H3. The van der Waals surface area contributed by atoms with Gasteiger partial charge in [-0.25, -0.2) is 0 Å². The van der Waals surface area contributed by atoms with Crippen molar-refractivity contribution in [3.8, 4) is 22.6 Å². The largest absolute Gasteiger partial charge is 0.454 e. The molecule has 0 N–H and O–H groups in total. The summed E-state index contributed by atoms with van der Waals surface area (Å²) in [6.45, 7) is 4.29. The molecule has 6 nitrogen and oxygen atoms in total. The highest BCUT2D eigenvalue weighted by molar-refractivity contribution is 5.96. The number of hydrogen-bond donors (Lipinski definition) is 0. The summed E-state index contributed by atoms with van der Waals surface area (Å²) in [6.07, 6.45) is 3.80. The van der Waals surface area contributed by atoms with E-state index in [4.69, 9.17) is 14.5 Å². The number of Topliss-reactive ketones (excluding diaryl/α,β-unsaturated/α-hetero) is 1. The number of aromatic nitrogens is 1. The van der Waals surface area contributed by atoms with E-state index in [0.717, 1.165) is 52.1 Å². The average Bonchev–Trinajstić information content (AvgIpc) is 3.52. The Morgan fingerprint density at radius 1 is 1.00 bits per heavy atom. The Hall–Kier alpha value is -3.67. The molecule has 0 radical (unpaired) electrons. The third-order valence-corrected chi connectivity index (χ3v) is 7.11. The van der Waals surface area contributed by atoms with Crippen LogP contribution in [-0.4, -0.2) is 42.5 Å². The Bertz CT molecular complexity index is 1310. The van der Waals surface area contributed by atoms with Gasteiger partial charge in [0, 0.05) is 37.8 Å². The fourth-order valence-electron chi connectivity index (χ4n) is 4.67. The molecule has 3 aromatic rings. The normalized spacial score (nSPS) is 15.2. The van der Waals surface area contributed by atoms with Crippen molar-refractivity contribution in [2.24, 2.45) is 0 Å². The SMILES string of the molecule is Cc1c(-c2cccc(C(=O)N(C)C)c2)cnc(CC(=O)C2(c3ccc4c(c3)OCO4)CC2)c1C. The highest BCUT2D eigenvalue weighted by Gasteiger charge is 2.51. The van der Waals surface area contributed by atoms with Crippen LogP contribution in [0.3, 0.4) is 0 Å². The molecule has 5 rings (SSSR count). The van der Waals surface area contributed by atoms with Crippen molar-refractivity contribution in [2.75, 3.05) is 20.9 Å². The second-order valence-corrected chi connectivity index (χ2v) is 9.40. The van der Waals surface area contributed by atoms with Crippen LogP contribution in [0.5, 0.6) is 11.5 Å². The Labute approximate surface area is 199 Å². The summed E-state index contributed by atoms with van der Waals surface area (Å²) in [5, 5.41) is 0. The molecule has 1 fully saturated rings. The first-order chi connectivity index (χ1) is 16.3. The maximum Gasteiger partial charge on any atom is 0.253 e. The Morgan fingerprint density at radius 2 is 1.76 bits per heavy atom. The first-order valence-electron chi connectivity index (χ1n) is 11.5. The van der Waals surface area contributed by atoms with Crippen molar-refractivity contribution in [1.29, 1.82) is 0 Å². The molecular formula is C28H28N2O4. The van der Waals surface area contributed by atoms with Crippen molar-refractivity contribution < 1.29 is 19.1 Å². The molecule has 0 unspecified atom stereocenters. The van der Waals surface area contributed by atoms with Gasteiger partial charge in [0.15, 0.2) is 11.5 Å². The van der Waals surface area contributed by atoms with Gasteiger partial charge in [-0.15, -0.1) is 0 Å². The molecule has 2 aliphatic rings. The number of nitrogens with zero attached hydrogens (tertiary/aromatic N) is 2. The molecule has 0 bridgehead atoms. The van der Waals surface area contributed by atoms with E-state index in [1.54, 1.807) is 19.0 Å². The van der Waals surface area contributed by atoms with Crippen LogP contribution in [0, 0.1) is 13.8 Å². The van der Waals surface area contributed by atoms with Gasteiger partial charge in [0.05, 0.1) is 11.1 Å². The lowest BCUT2D eigenvalue weighted by atomic mass is 9.87. The van der Waals surface area contributed by atoms with Gasteiger partial charge in [-0.1, -0.05) is 18.2 Å². The van der Waals surface area contributed by atoms with Crippen molar-refractivity contribution >= 4 is 11.7 Å². The summed E-state index contributed by atoms with van der Waals surface area (Å²) < 4.78 is 10.9. The maximum absolute atomic E-state index is 13.4. The lowest BCUT2D eigenvalue weighted by Gasteiger charge is -2.18. The molecule has 1 aliphatic heterocycles. The average molecular weight is 457 g/mol. The van der Waals surface area contributed by atoms with E-state index in [1.165, 1.54) is 0 Å². The van der Waals surface area contributed by atoms with Crippen molar-refractivity contribution in [1.82, 2.24) is 9.88 Å². The van der Waals surface area contributed by atoms with E-state index in [-0.39, 0.29) is 18.5 Å². The number of carbonyl (C=O) groups is 2. The van der Waals surface area contributed by atoms with Crippen LogP contribution >= 0.6 is 0 Å². The second-order valence-electron chi connectivity index (χ2n) is 9.40. The molecule has 1 saturated carbocycles. The van der Waals surface area contributed by atoms with Crippen LogP contribution in [0.2, 0.25) is 0 Å². The Balaban J connectivity index is 1.40. The van der Waals surface area contributed by atoms with Crippen LogP contribution in [0.1, 0.15) is 45.6 Å². The number of ether oxygens (including phenoxy) is 2. The van der Waals surface area contributed by atoms with Gasteiger partial charge in [0.1, 0.15) is 5.78 Å². The van der Waals surface area contributed by atoms with Crippen LogP contribution in [0.4, 0.5) is 0 Å². The number of pyridine rings is 1. The highest BCUT2D eigenvalue weighted by atomic mass is 16.7. The maximum atomic E-state index is 13.4. The summed E-state index contributed by atoms with van der Waals surface area (Å²) in [7, 11) is 3.49. The molecule has 34 heavy (non-hydrogen) atoms. The van der Waals surface area contributed by atoms with E-state index in [9.17, 15) is 9.59 Å². The van der Waals surface area contributed by atoms with Crippen molar-refractivity contribution in [3.63, 3.8) is 0 Å². The number of amides is 1. The van der Waals surface area contributed by atoms with Crippen molar-refractivity contribution in [2.45, 2.75) is 38.5 Å². The zero-order chi connectivity index (χ0) is 24.0. The van der Waals surface area contributed by atoms with Gasteiger partial charge in [0.2, 0.25) is 6.79 Å². The number of ketones is 1. The van der Waals surface area contributed by atoms with Gasteiger partial charge < -0.3 is 14.4 Å². The van der Waals surface area contributed by atoms with Crippen LogP contribution in [-0.2, 0) is 16.6 Å². The quantitative estimate of drug-likeness (QED) is 0.541. The number of benzene rings is 2. The predicted molar refractivity (Wildman–Crippen MR) is 129 cm³/mol. The second kappa shape index (κ2) is 8.28. The third-order valence-electron chi connectivity index (χ3n) is 7.11. The Kier molecular flexibility index (Phi) is 5.39. The fourth-order valence-corrected chi connectivity index (χ4v) is 4.67. The molecular weight excluding hydrogens is 428 g/mol. The molecule has 1 aromatic heterocycles. The smallest absolute Gasteiger partial charge is 0.253 e. The summed E-state index contributed by atoms with van der Waals surface area (Å²) in [6, 6.07) is 13.4. The van der Waals surface area contributed by atoms with Gasteiger partial charge in [-0.05, 0) is 73.2 Å². The fraction of sp³-hybridized carbons (Fsp3) is 0.321. The molecule has 2 heterocycles. The number of hydrogen-bond acceptors (Lipinski definition) is 5. The topological polar surface area (TPSA) is 68.7 Å². The molecule has 6 heteroatoms. The first-order valence-corrected chi connectivity index (χ1v) is 11.5. The summed E-state index contributed by atoms with van der Waals surface area (Å²) in [4.78, 5) is 32.1. The van der Waals surface area contributed by atoms with Gasteiger partial charge in [0.25, 0.3) is 5.91 Å². The molecule has 2 aromatic carbocycles. The minimum atomic E-state index is -0.456. The van der Waals surface area contributed by atoms with Gasteiger partial charge in [-0.2, -0.15) is 0 Å². The van der Waals surface area contributed by atoms with Gasteiger partial charge in [-0.3, -0.25) is 14.6 Å². The monoisotopic (exact) mass is 456 g/mol. The molecule has 0 spiro atoms. The number of carbonyl (C=O) groups excluding carboxylic acids is 2. The molecule has 0 atom stereocenters. The lowest BCUT2D eigenvalue weighted by molar-refractivity contribution is -0.120. The van der Waals surface area contributed by atoms with E-state index in [1.807, 2.05) is 62.5 Å². The third kappa shape index (κ3) is 3.73.